The van der Waals surface area contributed by atoms with Gasteiger partial charge in [0.15, 0.2) is 0 Å². The van der Waals surface area contributed by atoms with Gasteiger partial charge in [-0.05, 0) is 23.6 Å². The molecular formula is C16H7Cl4N3O2. The van der Waals surface area contributed by atoms with Gasteiger partial charge in [0.2, 0.25) is 5.69 Å². The Morgan fingerprint density at radius 1 is 1.20 bits per heavy atom. The molecule has 126 valence electrons. The molecule has 0 fully saturated rings. The number of benzene rings is 2. The summed E-state index contributed by atoms with van der Waals surface area (Å²) >= 11 is 24.6. The van der Waals surface area contributed by atoms with E-state index in [1.807, 2.05) is 6.07 Å². The summed E-state index contributed by atoms with van der Waals surface area (Å²) in [6.45, 7) is 8.78. The Morgan fingerprint density at radius 3 is 2.32 bits per heavy atom. The third-order valence-electron chi connectivity index (χ3n) is 3.59. The van der Waals surface area contributed by atoms with Crippen molar-refractivity contribution in [3.8, 4) is 6.07 Å². The molecule has 9 heteroatoms. The van der Waals surface area contributed by atoms with Crippen LogP contribution in [0.2, 0.25) is 20.1 Å². The van der Waals surface area contributed by atoms with Gasteiger partial charge in [0.1, 0.15) is 0 Å². The monoisotopic (exact) mass is 413 g/mol. The molecule has 0 N–H and O–H groups in total. The number of nitro groups is 1. The van der Waals surface area contributed by atoms with Gasteiger partial charge in [0.25, 0.3) is 5.69 Å². The summed E-state index contributed by atoms with van der Waals surface area (Å²) in [4.78, 5) is 13.6. The molecule has 0 atom stereocenters. The van der Waals surface area contributed by atoms with Crippen molar-refractivity contribution in [3.63, 3.8) is 0 Å². The van der Waals surface area contributed by atoms with Crippen LogP contribution in [0.5, 0.6) is 0 Å². The fourth-order valence-electron chi connectivity index (χ4n) is 2.34. The SMILES string of the molecule is [C-]#[N+]c1c(Cl)c(Cl)c(Cc2c(C)cc([N+](=O)[O-])cc2Cl)c(C#N)c1Cl. The van der Waals surface area contributed by atoms with Crippen LogP contribution in [-0.4, -0.2) is 4.92 Å². The Hall–Kier alpha value is -2.02. The van der Waals surface area contributed by atoms with Crippen molar-refractivity contribution in [3.05, 3.63) is 76.0 Å². The van der Waals surface area contributed by atoms with Crippen molar-refractivity contribution < 1.29 is 4.92 Å². The summed E-state index contributed by atoms with van der Waals surface area (Å²) in [5, 5.41) is 20.4. The first-order valence-corrected chi connectivity index (χ1v) is 8.14. The van der Waals surface area contributed by atoms with Gasteiger partial charge in [0, 0.05) is 18.6 Å². The molecular weight excluding hydrogens is 408 g/mol. The van der Waals surface area contributed by atoms with E-state index in [4.69, 9.17) is 53.0 Å². The normalized spacial score (nSPS) is 10.2. The molecule has 2 aromatic rings. The molecule has 0 radical (unpaired) electrons. The topological polar surface area (TPSA) is 71.3 Å². The molecule has 0 saturated carbocycles. The maximum atomic E-state index is 10.9. The molecule has 5 nitrogen and oxygen atoms in total. The molecule has 2 aromatic carbocycles. The fraction of sp³-hybridized carbons (Fsp3) is 0.125. The van der Waals surface area contributed by atoms with Crippen LogP contribution in [0.25, 0.3) is 4.85 Å². The second-order valence-electron chi connectivity index (χ2n) is 5.02. The first-order chi connectivity index (χ1) is 11.7. The van der Waals surface area contributed by atoms with Crippen molar-refractivity contribution in [2.24, 2.45) is 0 Å². The lowest BCUT2D eigenvalue weighted by Crippen LogP contribution is -2.00. The number of non-ortho nitro benzene ring substituents is 1. The number of nitriles is 1. The van der Waals surface area contributed by atoms with E-state index in [1.165, 1.54) is 12.1 Å². The highest BCUT2D eigenvalue weighted by molar-refractivity contribution is 6.47. The minimum atomic E-state index is -0.547. The van der Waals surface area contributed by atoms with Gasteiger partial charge in [-0.1, -0.05) is 46.4 Å². The summed E-state index contributed by atoms with van der Waals surface area (Å²) in [6, 6.07) is 4.52. The van der Waals surface area contributed by atoms with Crippen LogP contribution >= 0.6 is 46.4 Å². The summed E-state index contributed by atoms with van der Waals surface area (Å²) in [7, 11) is 0. The highest BCUT2D eigenvalue weighted by Crippen LogP contribution is 2.45. The van der Waals surface area contributed by atoms with Crippen molar-refractivity contribution in [1.29, 1.82) is 5.26 Å². The third kappa shape index (κ3) is 3.51. The molecule has 0 aliphatic rings. The van der Waals surface area contributed by atoms with Gasteiger partial charge < -0.3 is 0 Å². The van der Waals surface area contributed by atoms with E-state index in [-0.39, 0.29) is 43.4 Å². The molecule has 0 spiro atoms. The number of rotatable bonds is 3. The number of aryl methyl sites for hydroxylation is 1. The maximum absolute atomic E-state index is 10.9. The second kappa shape index (κ2) is 7.47. The van der Waals surface area contributed by atoms with Crippen LogP contribution in [0.1, 0.15) is 22.3 Å². The van der Waals surface area contributed by atoms with Gasteiger partial charge in [-0.3, -0.25) is 10.1 Å². The van der Waals surface area contributed by atoms with Gasteiger partial charge in [-0.2, -0.15) is 5.26 Å². The minimum absolute atomic E-state index is 0.0240. The molecule has 0 bridgehead atoms. The Balaban J connectivity index is 2.69. The summed E-state index contributed by atoms with van der Waals surface area (Å²) in [6.07, 6.45) is 0.0854. The predicted octanol–water partition coefficient (Wildman–Crippen LogP) is 6.53. The van der Waals surface area contributed by atoms with Crippen molar-refractivity contribution in [1.82, 2.24) is 0 Å². The Labute approximate surface area is 163 Å². The van der Waals surface area contributed by atoms with Crippen molar-refractivity contribution >= 4 is 57.8 Å². The van der Waals surface area contributed by atoms with Crippen LogP contribution in [-0.2, 0) is 6.42 Å². The molecule has 0 aliphatic heterocycles. The van der Waals surface area contributed by atoms with E-state index >= 15 is 0 Å². The van der Waals surface area contributed by atoms with Crippen LogP contribution in [0.15, 0.2) is 12.1 Å². The molecule has 0 amide bonds. The highest BCUT2D eigenvalue weighted by atomic mass is 35.5. The van der Waals surface area contributed by atoms with Crippen molar-refractivity contribution in [2.75, 3.05) is 0 Å². The summed E-state index contributed by atoms with van der Waals surface area (Å²) < 4.78 is 0. The zero-order valence-electron chi connectivity index (χ0n) is 12.5. The van der Waals surface area contributed by atoms with E-state index in [2.05, 4.69) is 4.85 Å². The third-order valence-corrected chi connectivity index (χ3v) is 5.17. The van der Waals surface area contributed by atoms with Gasteiger partial charge in [-0.25, -0.2) is 4.85 Å². The molecule has 0 unspecified atom stereocenters. The first kappa shape index (κ1) is 19.3. The lowest BCUT2D eigenvalue weighted by atomic mass is 9.96. The van der Waals surface area contributed by atoms with Gasteiger partial charge in [0.05, 0.1) is 43.2 Å². The number of hydrogen-bond donors (Lipinski definition) is 0. The Bertz CT molecular complexity index is 968. The Kier molecular flexibility index (Phi) is 5.77. The van der Waals surface area contributed by atoms with E-state index in [0.29, 0.717) is 16.7 Å². The fourth-order valence-corrected chi connectivity index (χ4v) is 3.51. The first-order valence-electron chi connectivity index (χ1n) is 6.63. The quantitative estimate of drug-likeness (QED) is 0.248. The second-order valence-corrected chi connectivity index (χ2v) is 6.57. The average Bonchev–Trinajstić information content (AvgIpc) is 2.55. The molecule has 2 rings (SSSR count). The van der Waals surface area contributed by atoms with E-state index in [0.717, 1.165) is 0 Å². The number of nitro benzene ring substituents is 1. The molecule has 0 aliphatic carbocycles. The molecule has 0 heterocycles. The van der Waals surface area contributed by atoms with Gasteiger partial charge in [-0.15, -0.1) is 0 Å². The molecule has 25 heavy (non-hydrogen) atoms. The van der Waals surface area contributed by atoms with Crippen molar-refractivity contribution in [2.45, 2.75) is 13.3 Å². The number of hydrogen-bond acceptors (Lipinski definition) is 3. The van der Waals surface area contributed by atoms with Crippen LogP contribution < -0.4 is 0 Å². The largest absolute Gasteiger partial charge is 0.271 e. The van der Waals surface area contributed by atoms with Crippen LogP contribution in [0.4, 0.5) is 11.4 Å². The van der Waals surface area contributed by atoms with E-state index in [9.17, 15) is 15.4 Å². The maximum Gasteiger partial charge on any atom is 0.271 e. The number of nitrogens with zero attached hydrogens (tertiary/aromatic N) is 3. The summed E-state index contributed by atoms with van der Waals surface area (Å²) in [5.74, 6) is 0. The standard InChI is InChI=1S/C16H7Cl4N3O2/c1-7-3-8(23(24)25)4-12(17)9(7)5-10-11(6-21)14(19)16(22-2)15(20)13(10)18/h3-4H,5H2,1H3. The minimum Gasteiger partial charge on any atom is -0.258 e. The molecule has 0 aromatic heterocycles. The highest BCUT2D eigenvalue weighted by Gasteiger charge is 2.23. The van der Waals surface area contributed by atoms with Gasteiger partial charge >= 0.3 is 0 Å². The zero-order chi connectivity index (χ0) is 18.9. The predicted molar refractivity (Wildman–Crippen MR) is 98.1 cm³/mol. The zero-order valence-corrected chi connectivity index (χ0v) is 15.6. The van der Waals surface area contributed by atoms with Crippen LogP contribution in [0.3, 0.4) is 0 Å². The van der Waals surface area contributed by atoms with Crippen LogP contribution in [0, 0.1) is 34.9 Å². The lowest BCUT2D eigenvalue weighted by molar-refractivity contribution is -0.384. The lowest BCUT2D eigenvalue weighted by Gasteiger charge is -2.14. The summed E-state index contributed by atoms with van der Waals surface area (Å²) in [5.41, 5.74) is 1.20. The Morgan fingerprint density at radius 2 is 1.84 bits per heavy atom. The smallest absolute Gasteiger partial charge is 0.258 e. The average molecular weight is 415 g/mol. The number of halogens is 4. The van der Waals surface area contributed by atoms with E-state index < -0.39 is 4.92 Å². The molecule has 0 saturated heterocycles. The van der Waals surface area contributed by atoms with E-state index in [1.54, 1.807) is 6.92 Å².